The Labute approximate surface area is 202 Å². The summed E-state index contributed by atoms with van der Waals surface area (Å²) in [6, 6.07) is 9.92. The third kappa shape index (κ3) is 5.56. The van der Waals surface area contributed by atoms with E-state index in [1.165, 1.54) is 11.3 Å². The van der Waals surface area contributed by atoms with Gasteiger partial charge in [-0.15, -0.1) is 0 Å². The molecule has 184 valence electrons. The second-order valence-corrected chi connectivity index (χ2v) is 10.9. The molecule has 11 heteroatoms. The number of halogens is 1. The van der Waals surface area contributed by atoms with Gasteiger partial charge in [-0.3, -0.25) is 9.59 Å². The third-order valence-corrected chi connectivity index (χ3v) is 7.82. The Kier molecular flexibility index (Phi) is 6.97. The molecule has 2 heterocycles. The van der Waals surface area contributed by atoms with Crippen molar-refractivity contribution in [3.05, 3.63) is 59.7 Å². The molecule has 0 radical (unpaired) electrons. The maximum atomic E-state index is 14.7. The zero-order valence-corrected chi connectivity index (χ0v) is 20.1. The van der Waals surface area contributed by atoms with Crippen molar-refractivity contribution in [1.29, 1.82) is 0 Å². The van der Waals surface area contributed by atoms with Crippen molar-refractivity contribution in [2.75, 3.05) is 28.3 Å². The number of hydrogen-bond acceptors (Lipinski definition) is 7. The number of aromatic nitrogens is 2. The molecule has 0 atom stereocenters. The Hall–Kier alpha value is -3.60. The van der Waals surface area contributed by atoms with Crippen molar-refractivity contribution >= 4 is 33.0 Å². The summed E-state index contributed by atoms with van der Waals surface area (Å²) in [4.78, 5) is 31.6. The number of nitrogens with zero attached hydrogens (tertiary/aromatic N) is 3. The van der Waals surface area contributed by atoms with Crippen LogP contribution in [-0.2, 0) is 19.4 Å². The zero-order chi connectivity index (χ0) is 25.2. The quantitative estimate of drug-likeness (QED) is 0.551. The van der Waals surface area contributed by atoms with Gasteiger partial charge in [0.25, 0.3) is 0 Å². The number of aryl methyl sites for hydroxylation is 1. The van der Waals surface area contributed by atoms with Gasteiger partial charge in [-0.05, 0) is 62.6 Å². The predicted molar refractivity (Wildman–Crippen MR) is 128 cm³/mol. The Balaban J connectivity index is 1.54. The Morgan fingerprint density at radius 2 is 1.80 bits per heavy atom. The van der Waals surface area contributed by atoms with Crippen LogP contribution < -0.4 is 10.2 Å². The molecule has 0 aliphatic carbocycles. The van der Waals surface area contributed by atoms with Crippen molar-refractivity contribution in [1.82, 2.24) is 10.1 Å². The monoisotopic (exact) mass is 500 g/mol. The highest BCUT2D eigenvalue weighted by Crippen LogP contribution is 2.29. The lowest BCUT2D eigenvalue weighted by Gasteiger charge is -2.30. The second kappa shape index (κ2) is 9.95. The minimum absolute atomic E-state index is 0.0859. The van der Waals surface area contributed by atoms with Crippen LogP contribution in [-0.4, -0.2) is 48.4 Å². The zero-order valence-electron chi connectivity index (χ0n) is 19.3. The number of rotatable bonds is 6. The Morgan fingerprint density at radius 1 is 1.11 bits per heavy atom. The van der Waals surface area contributed by atoms with Crippen molar-refractivity contribution in [3.8, 4) is 11.4 Å². The van der Waals surface area contributed by atoms with Crippen molar-refractivity contribution in [2.24, 2.45) is 5.92 Å². The largest absolute Gasteiger partial charge is 0.342 e. The van der Waals surface area contributed by atoms with Gasteiger partial charge in [0.15, 0.2) is 0 Å². The lowest BCUT2D eigenvalue weighted by molar-refractivity contribution is -0.124. The van der Waals surface area contributed by atoms with Gasteiger partial charge in [0.1, 0.15) is 22.2 Å². The van der Waals surface area contributed by atoms with Crippen molar-refractivity contribution in [3.63, 3.8) is 0 Å². The first-order valence-corrected chi connectivity index (χ1v) is 12.9. The number of carbonyl (C=O) groups excluding carboxylic acids is 2. The van der Waals surface area contributed by atoms with Crippen LogP contribution in [0.15, 0.2) is 47.3 Å². The van der Waals surface area contributed by atoms with Gasteiger partial charge in [-0.25, -0.2) is 12.8 Å². The van der Waals surface area contributed by atoms with Gasteiger partial charge < -0.3 is 14.7 Å². The van der Waals surface area contributed by atoms with Crippen LogP contribution in [0.2, 0.25) is 0 Å². The van der Waals surface area contributed by atoms with E-state index in [0.717, 1.165) is 0 Å². The molecule has 1 N–H and O–H groups in total. The van der Waals surface area contributed by atoms with Gasteiger partial charge in [-0.2, -0.15) is 4.98 Å². The Morgan fingerprint density at radius 3 is 2.43 bits per heavy atom. The average Bonchev–Trinajstić information content (AvgIpc) is 3.37. The molecule has 4 rings (SSSR count). The lowest BCUT2D eigenvalue weighted by atomic mass is 9.99. The molecule has 0 unspecified atom stereocenters. The Bertz CT molecular complexity index is 1330. The maximum absolute atomic E-state index is 14.7. The van der Waals surface area contributed by atoms with Crippen LogP contribution in [0.25, 0.3) is 11.4 Å². The molecule has 35 heavy (non-hydrogen) atoms. The van der Waals surface area contributed by atoms with E-state index in [4.69, 9.17) is 4.52 Å². The fraction of sp³-hybridized carbons (Fsp3) is 0.333. The molecule has 1 aromatic heterocycles. The minimum atomic E-state index is -3.17. The van der Waals surface area contributed by atoms with Crippen molar-refractivity contribution < 1.29 is 26.9 Å². The van der Waals surface area contributed by atoms with Crippen LogP contribution >= 0.6 is 0 Å². The van der Waals surface area contributed by atoms with E-state index in [9.17, 15) is 22.4 Å². The first-order valence-electron chi connectivity index (χ1n) is 11.1. The SMILES string of the molecule is Cc1ccc(N(CC(=O)Nc2ccc(-c3ncon3)cc2)C(=O)C2CCS(=O)(=O)CC2)c(C)c1F. The lowest BCUT2D eigenvalue weighted by Crippen LogP contribution is -2.44. The number of carbonyl (C=O) groups is 2. The molecule has 0 spiro atoms. The fourth-order valence-electron chi connectivity index (χ4n) is 4.09. The summed E-state index contributed by atoms with van der Waals surface area (Å²) in [7, 11) is -3.17. The van der Waals surface area contributed by atoms with Crippen LogP contribution in [0.1, 0.15) is 24.0 Å². The third-order valence-electron chi connectivity index (χ3n) is 6.10. The molecule has 1 aliphatic heterocycles. The topological polar surface area (TPSA) is 122 Å². The van der Waals surface area contributed by atoms with Crippen molar-refractivity contribution in [2.45, 2.75) is 26.7 Å². The molecule has 1 fully saturated rings. The van der Waals surface area contributed by atoms with Crippen LogP contribution in [0.5, 0.6) is 0 Å². The van der Waals surface area contributed by atoms with E-state index in [-0.39, 0.29) is 42.1 Å². The number of benzene rings is 2. The van der Waals surface area contributed by atoms with Gasteiger partial charge >= 0.3 is 0 Å². The van der Waals surface area contributed by atoms with E-state index < -0.39 is 33.4 Å². The highest BCUT2D eigenvalue weighted by atomic mass is 32.2. The number of hydrogen-bond donors (Lipinski definition) is 1. The summed E-state index contributed by atoms with van der Waals surface area (Å²) < 4.78 is 43.0. The highest BCUT2D eigenvalue weighted by molar-refractivity contribution is 7.91. The van der Waals surface area contributed by atoms with Gasteiger partial charge in [-0.1, -0.05) is 11.2 Å². The molecule has 9 nitrogen and oxygen atoms in total. The van der Waals surface area contributed by atoms with E-state index in [1.807, 2.05) is 0 Å². The van der Waals surface area contributed by atoms with Gasteiger partial charge in [0.05, 0.1) is 17.2 Å². The molecule has 3 aromatic rings. The first-order chi connectivity index (χ1) is 16.6. The summed E-state index contributed by atoms with van der Waals surface area (Å²) in [5.74, 6) is -1.66. The van der Waals surface area contributed by atoms with E-state index in [0.29, 0.717) is 22.6 Å². The average molecular weight is 501 g/mol. The van der Waals surface area contributed by atoms with E-state index in [1.54, 1.807) is 50.2 Å². The smallest absolute Gasteiger partial charge is 0.244 e. The number of amides is 2. The fourth-order valence-corrected chi connectivity index (χ4v) is 5.58. The van der Waals surface area contributed by atoms with Crippen LogP contribution in [0.3, 0.4) is 0 Å². The summed E-state index contributed by atoms with van der Waals surface area (Å²) in [5, 5.41) is 6.50. The summed E-state index contributed by atoms with van der Waals surface area (Å²) in [6.45, 7) is 2.82. The summed E-state index contributed by atoms with van der Waals surface area (Å²) in [6.07, 6.45) is 1.56. The molecule has 2 aromatic carbocycles. The van der Waals surface area contributed by atoms with Gasteiger partial charge in [0, 0.05) is 22.7 Å². The maximum Gasteiger partial charge on any atom is 0.244 e. The van der Waals surface area contributed by atoms with Crippen LogP contribution in [0.4, 0.5) is 15.8 Å². The van der Waals surface area contributed by atoms with Crippen LogP contribution in [0, 0.1) is 25.6 Å². The molecule has 2 amide bonds. The summed E-state index contributed by atoms with van der Waals surface area (Å²) >= 11 is 0. The predicted octanol–water partition coefficient (Wildman–Crippen LogP) is 3.29. The molecular weight excluding hydrogens is 475 g/mol. The molecule has 0 bridgehead atoms. The first kappa shape index (κ1) is 24.5. The van der Waals surface area contributed by atoms with E-state index >= 15 is 0 Å². The molecule has 1 aliphatic rings. The molecule has 0 saturated carbocycles. The highest BCUT2D eigenvalue weighted by Gasteiger charge is 2.33. The van der Waals surface area contributed by atoms with E-state index in [2.05, 4.69) is 15.5 Å². The number of anilines is 2. The molecule has 1 saturated heterocycles. The number of sulfone groups is 1. The molecular formula is C24H25FN4O5S. The standard InChI is InChI=1S/C24H25FN4O5S/c1-15-3-8-20(16(2)22(15)25)29(24(31)18-9-11-35(32,33)12-10-18)13-21(30)27-19-6-4-17(5-7-19)23-26-14-34-28-23/h3-8,14,18H,9-13H2,1-2H3,(H,27,30). The summed E-state index contributed by atoms with van der Waals surface area (Å²) in [5.41, 5.74) is 2.15. The number of nitrogens with one attached hydrogen (secondary N) is 1. The normalized spacial score (nSPS) is 15.5. The second-order valence-electron chi connectivity index (χ2n) is 8.57. The minimum Gasteiger partial charge on any atom is -0.342 e. The van der Waals surface area contributed by atoms with Gasteiger partial charge in [0.2, 0.25) is 24.0 Å².